The van der Waals surface area contributed by atoms with Gasteiger partial charge in [-0.15, -0.1) is 0 Å². The molecule has 0 saturated heterocycles. The van der Waals surface area contributed by atoms with Crippen LogP contribution in [0.15, 0.2) is 41.2 Å². The van der Waals surface area contributed by atoms with Crippen LogP contribution in [0.5, 0.6) is 0 Å². The number of aryl methyl sites for hydroxylation is 1. The quantitative estimate of drug-likeness (QED) is 0.397. The molecule has 1 amide bonds. The van der Waals surface area contributed by atoms with Crippen LogP contribution in [0.4, 0.5) is 22.0 Å². The van der Waals surface area contributed by atoms with Crippen molar-refractivity contribution < 1.29 is 31.5 Å². The van der Waals surface area contributed by atoms with Gasteiger partial charge < -0.3 is 15.0 Å². The van der Waals surface area contributed by atoms with Crippen LogP contribution in [-0.2, 0) is 28.9 Å². The van der Waals surface area contributed by atoms with Crippen molar-refractivity contribution in [3.05, 3.63) is 85.8 Å². The Morgan fingerprint density at radius 1 is 1.19 bits per heavy atom. The van der Waals surface area contributed by atoms with Gasteiger partial charge >= 0.3 is 6.18 Å². The average molecular weight is 542 g/mol. The highest BCUT2D eigenvalue weighted by Gasteiger charge is 2.38. The Morgan fingerprint density at radius 2 is 1.92 bits per heavy atom. The summed E-state index contributed by atoms with van der Waals surface area (Å²) in [7, 11) is 0. The summed E-state index contributed by atoms with van der Waals surface area (Å²) in [4.78, 5) is 29.7. The second kappa shape index (κ2) is 10.6. The molecule has 2 N–H and O–H groups in total. The molecule has 3 aromatic rings. The molecule has 0 bridgehead atoms. The van der Waals surface area contributed by atoms with Crippen molar-refractivity contribution in [2.75, 3.05) is 0 Å². The number of aromatic nitrogens is 2. The monoisotopic (exact) mass is 541 g/mol. The zero-order valence-corrected chi connectivity index (χ0v) is 20.1. The molecule has 1 aromatic heterocycles. The van der Waals surface area contributed by atoms with Crippen molar-refractivity contribution in [3.63, 3.8) is 0 Å². The van der Waals surface area contributed by atoms with E-state index in [1.807, 2.05) is 11.1 Å². The first-order valence-electron chi connectivity index (χ1n) is 11.2. The molecule has 1 saturated carbocycles. The number of hydrogen-bond donors (Lipinski definition) is 2. The molecule has 1 aliphatic rings. The lowest BCUT2D eigenvalue weighted by atomic mass is 9.81. The van der Waals surface area contributed by atoms with Crippen LogP contribution < -0.4 is 10.9 Å². The van der Waals surface area contributed by atoms with E-state index in [-0.39, 0.29) is 17.6 Å². The number of aromatic amines is 1. The summed E-state index contributed by atoms with van der Waals surface area (Å²) in [5, 5.41) is 3.11. The Labute approximate surface area is 212 Å². The van der Waals surface area contributed by atoms with Crippen molar-refractivity contribution in [3.8, 4) is 11.4 Å². The van der Waals surface area contributed by atoms with E-state index in [1.54, 1.807) is 18.2 Å². The van der Waals surface area contributed by atoms with Gasteiger partial charge in [0.05, 0.1) is 29.5 Å². The highest BCUT2D eigenvalue weighted by Crippen LogP contribution is 2.38. The first-order valence-corrected chi connectivity index (χ1v) is 11.6. The third-order valence-electron chi connectivity index (χ3n) is 6.09. The maximum Gasteiger partial charge on any atom is 0.417 e. The topological polar surface area (TPSA) is 84.1 Å². The van der Waals surface area contributed by atoms with Gasteiger partial charge in [0, 0.05) is 23.0 Å². The third kappa shape index (κ3) is 5.99. The van der Waals surface area contributed by atoms with E-state index >= 15 is 4.39 Å². The lowest BCUT2D eigenvalue weighted by Gasteiger charge is -2.34. The fourth-order valence-corrected chi connectivity index (χ4v) is 4.21. The maximum absolute atomic E-state index is 15.3. The molecule has 196 valence electrons. The largest absolute Gasteiger partial charge is 0.417 e. The number of nitrogens with one attached hydrogen (secondary N) is 2. The maximum atomic E-state index is 15.3. The fraction of sp³-hybridized carbons (Fsp3) is 0.320. The van der Waals surface area contributed by atoms with Gasteiger partial charge in [-0.3, -0.25) is 9.59 Å². The zero-order chi connectivity index (χ0) is 26.9. The molecular formula is C25H21ClF5N3O3. The smallest absolute Gasteiger partial charge is 0.373 e. The molecule has 1 aliphatic carbocycles. The molecule has 0 aliphatic heterocycles. The van der Waals surface area contributed by atoms with E-state index in [1.165, 1.54) is 0 Å². The van der Waals surface area contributed by atoms with Crippen molar-refractivity contribution in [2.45, 2.75) is 45.2 Å². The standard InChI is InChI=1S/C25H21ClF5N3O3/c1-12-20(27)24(36)34-22(33-12)19-18(25(29,30)31)6-5-14(21(19)28)10-32-23(35)15-8-17(9-15)37-11-13-3-2-4-16(26)7-13/h2-7,15,17H,8-11H2,1H3,(H,32,35)(H,33,34,36). The molecule has 0 atom stereocenters. The minimum absolute atomic E-state index is 0.145. The Kier molecular flexibility index (Phi) is 7.65. The van der Waals surface area contributed by atoms with Crippen molar-refractivity contribution >= 4 is 17.5 Å². The summed E-state index contributed by atoms with van der Waals surface area (Å²) in [5.41, 5.74) is -3.60. The predicted molar refractivity (Wildman–Crippen MR) is 125 cm³/mol. The van der Waals surface area contributed by atoms with Crippen LogP contribution in [0, 0.1) is 24.5 Å². The summed E-state index contributed by atoms with van der Waals surface area (Å²) in [5.74, 6) is -4.16. The highest BCUT2D eigenvalue weighted by atomic mass is 35.5. The second-order valence-electron chi connectivity index (χ2n) is 8.72. The summed E-state index contributed by atoms with van der Waals surface area (Å²) in [6.07, 6.45) is -4.25. The number of ether oxygens (including phenoxy) is 1. The van der Waals surface area contributed by atoms with Crippen molar-refractivity contribution in [1.82, 2.24) is 15.3 Å². The normalized spacial score (nSPS) is 17.4. The van der Waals surface area contributed by atoms with Crippen molar-refractivity contribution in [1.29, 1.82) is 0 Å². The van der Waals surface area contributed by atoms with Gasteiger partial charge in [-0.2, -0.15) is 17.6 Å². The number of alkyl halides is 3. The number of benzene rings is 2. The number of halogens is 6. The van der Waals surface area contributed by atoms with Gasteiger partial charge in [0.25, 0.3) is 5.56 Å². The molecule has 4 rings (SSSR count). The molecule has 37 heavy (non-hydrogen) atoms. The van der Waals surface area contributed by atoms with Gasteiger partial charge in [0.1, 0.15) is 11.6 Å². The third-order valence-corrected chi connectivity index (χ3v) is 6.32. The van der Waals surface area contributed by atoms with Crippen LogP contribution in [0.25, 0.3) is 11.4 Å². The zero-order valence-electron chi connectivity index (χ0n) is 19.4. The lowest BCUT2D eigenvalue weighted by molar-refractivity contribution is -0.137. The Bertz CT molecular complexity index is 1390. The van der Waals surface area contributed by atoms with E-state index in [0.717, 1.165) is 18.6 Å². The van der Waals surface area contributed by atoms with E-state index in [4.69, 9.17) is 16.3 Å². The van der Waals surface area contributed by atoms with Crippen LogP contribution >= 0.6 is 11.6 Å². The van der Waals surface area contributed by atoms with E-state index in [9.17, 15) is 27.2 Å². The van der Waals surface area contributed by atoms with Gasteiger partial charge in [-0.1, -0.05) is 29.8 Å². The lowest BCUT2D eigenvalue weighted by Crippen LogP contribution is -2.42. The van der Waals surface area contributed by atoms with Crippen LogP contribution in [0.1, 0.15) is 35.2 Å². The SMILES string of the molecule is Cc1nc(-c2c(C(F)(F)F)ccc(CNC(=O)C3CC(OCc4cccc(Cl)c4)C3)c2F)[nH]c(=O)c1F. The van der Waals surface area contributed by atoms with Gasteiger partial charge in [0.2, 0.25) is 11.7 Å². The van der Waals surface area contributed by atoms with Crippen LogP contribution in [0.2, 0.25) is 5.02 Å². The average Bonchev–Trinajstić information content (AvgIpc) is 2.79. The summed E-state index contributed by atoms with van der Waals surface area (Å²) in [6, 6.07) is 8.70. The second-order valence-corrected chi connectivity index (χ2v) is 9.16. The Hall–Kier alpha value is -3.31. The minimum Gasteiger partial charge on any atom is -0.373 e. The van der Waals surface area contributed by atoms with Crippen LogP contribution in [-0.4, -0.2) is 22.0 Å². The highest BCUT2D eigenvalue weighted by molar-refractivity contribution is 6.30. The fourth-order valence-electron chi connectivity index (χ4n) is 4.00. The molecule has 1 heterocycles. The first-order chi connectivity index (χ1) is 17.4. The number of amides is 1. The Balaban J connectivity index is 1.43. The molecular weight excluding hydrogens is 521 g/mol. The molecule has 0 radical (unpaired) electrons. The van der Waals surface area contributed by atoms with Crippen LogP contribution in [0.3, 0.4) is 0 Å². The van der Waals surface area contributed by atoms with E-state index in [0.29, 0.717) is 30.5 Å². The predicted octanol–water partition coefficient (Wildman–Crippen LogP) is 5.31. The first kappa shape index (κ1) is 26.7. The van der Waals surface area contributed by atoms with Gasteiger partial charge in [-0.25, -0.2) is 9.37 Å². The summed E-state index contributed by atoms with van der Waals surface area (Å²) >= 11 is 5.94. The number of carbonyl (C=O) groups excluding carboxylic acids is 1. The van der Waals surface area contributed by atoms with Gasteiger partial charge in [-0.05, 0) is 43.5 Å². The molecule has 0 spiro atoms. The summed E-state index contributed by atoms with van der Waals surface area (Å²) in [6.45, 7) is 1.01. The number of hydrogen-bond acceptors (Lipinski definition) is 4. The number of rotatable bonds is 7. The van der Waals surface area contributed by atoms with Crippen molar-refractivity contribution in [2.24, 2.45) is 5.92 Å². The number of carbonyl (C=O) groups is 1. The van der Waals surface area contributed by atoms with Gasteiger partial charge in [0.15, 0.2) is 0 Å². The van der Waals surface area contributed by atoms with E-state index in [2.05, 4.69) is 10.3 Å². The molecule has 6 nitrogen and oxygen atoms in total. The molecule has 2 aromatic carbocycles. The molecule has 1 fully saturated rings. The number of H-pyrrole nitrogens is 1. The summed E-state index contributed by atoms with van der Waals surface area (Å²) < 4.78 is 75.4. The molecule has 0 unspecified atom stereocenters. The Morgan fingerprint density at radius 3 is 2.57 bits per heavy atom. The number of nitrogens with zero attached hydrogens (tertiary/aromatic N) is 1. The molecule has 12 heteroatoms. The van der Waals surface area contributed by atoms with E-state index < -0.39 is 58.5 Å². The minimum atomic E-state index is -4.98.